The highest BCUT2D eigenvalue weighted by Gasteiger charge is 2.52. The zero-order valence-electron chi connectivity index (χ0n) is 16.5. The number of benzene rings is 3. The summed E-state index contributed by atoms with van der Waals surface area (Å²) in [6.07, 6.45) is 2.72. The van der Waals surface area contributed by atoms with Crippen molar-refractivity contribution in [1.82, 2.24) is 14.9 Å². The molecule has 1 amide bonds. The summed E-state index contributed by atoms with van der Waals surface area (Å²) in [6, 6.07) is 17.8. The highest BCUT2D eigenvalue weighted by atomic mass is 35.5. The molecule has 0 spiro atoms. The lowest BCUT2D eigenvalue weighted by Gasteiger charge is -2.39. The van der Waals surface area contributed by atoms with Crippen LogP contribution in [0.3, 0.4) is 0 Å². The van der Waals surface area contributed by atoms with Gasteiger partial charge < -0.3 is 10.1 Å². The molecule has 2 heterocycles. The quantitative estimate of drug-likeness (QED) is 0.507. The molecule has 2 N–H and O–H groups in total. The van der Waals surface area contributed by atoms with E-state index in [-0.39, 0.29) is 5.91 Å². The molecule has 6 heteroatoms. The first-order valence-corrected chi connectivity index (χ1v) is 10.1. The molecular weight excluding hydrogens is 398 g/mol. The summed E-state index contributed by atoms with van der Waals surface area (Å²) < 4.78 is 0. The number of halogens is 1. The van der Waals surface area contributed by atoms with Crippen molar-refractivity contribution in [3.05, 3.63) is 99.8 Å². The third-order valence-electron chi connectivity index (χ3n) is 6.01. The number of hydrogen-bond donors (Lipinski definition) is 2. The van der Waals surface area contributed by atoms with Gasteiger partial charge >= 0.3 is 0 Å². The number of fused-ring (bicyclic) bond motifs is 2. The summed E-state index contributed by atoms with van der Waals surface area (Å²) in [6.45, 7) is 3.83. The fourth-order valence-electron chi connectivity index (χ4n) is 4.44. The zero-order valence-corrected chi connectivity index (χ0v) is 17.2. The number of hydrogen-bond acceptors (Lipinski definition) is 3. The Morgan fingerprint density at radius 2 is 1.97 bits per heavy atom. The van der Waals surface area contributed by atoms with Crippen LogP contribution < -0.4 is 0 Å². The van der Waals surface area contributed by atoms with Gasteiger partial charge in [-0.3, -0.25) is 9.69 Å². The number of amides is 1. The Hall–Kier alpha value is -3.15. The van der Waals surface area contributed by atoms with Crippen molar-refractivity contribution in [2.75, 3.05) is 0 Å². The van der Waals surface area contributed by atoms with E-state index in [1.54, 1.807) is 18.2 Å². The number of imidazole rings is 1. The average molecular weight is 417 g/mol. The summed E-state index contributed by atoms with van der Waals surface area (Å²) >= 11 is 6.35. The number of H-pyrrole nitrogens is 1. The molecule has 1 aliphatic heterocycles. The first-order chi connectivity index (χ1) is 14.4. The number of nitrogens with zero attached hydrogens (tertiary/aromatic N) is 2. The minimum atomic E-state index is -1.64. The SMILES string of the molecule is Cc1c(Cl)cccc1C(C)N1C(=O)c2ccccc2C1(O)c1ccc2[nH][c]nc2c1. The van der Waals surface area contributed by atoms with Crippen LogP contribution >= 0.6 is 11.6 Å². The lowest BCUT2D eigenvalue weighted by molar-refractivity contribution is -0.0677. The molecule has 4 aromatic rings. The maximum absolute atomic E-state index is 13.5. The van der Waals surface area contributed by atoms with Crippen LogP contribution in [0.25, 0.3) is 11.0 Å². The van der Waals surface area contributed by atoms with Crippen molar-refractivity contribution in [1.29, 1.82) is 0 Å². The zero-order chi connectivity index (χ0) is 21.0. The third-order valence-corrected chi connectivity index (χ3v) is 6.42. The van der Waals surface area contributed by atoms with E-state index in [0.717, 1.165) is 16.6 Å². The molecule has 0 bridgehead atoms. The molecule has 1 aromatic heterocycles. The molecule has 0 aliphatic carbocycles. The van der Waals surface area contributed by atoms with Crippen LogP contribution in [-0.2, 0) is 5.72 Å². The fourth-order valence-corrected chi connectivity index (χ4v) is 4.62. The van der Waals surface area contributed by atoms with Crippen LogP contribution in [0.2, 0.25) is 5.02 Å². The summed E-state index contributed by atoms with van der Waals surface area (Å²) in [5.41, 5.74) is 3.22. The number of rotatable bonds is 3. The van der Waals surface area contributed by atoms with E-state index in [4.69, 9.17) is 11.6 Å². The second kappa shape index (κ2) is 6.69. The monoisotopic (exact) mass is 416 g/mol. The molecule has 1 aliphatic rings. The predicted octanol–water partition coefficient (Wildman–Crippen LogP) is 4.74. The highest BCUT2D eigenvalue weighted by Crippen LogP contribution is 2.47. The normalized spacial score (nSPS) is 19.3. The smallest absolute Gasteiger partial charge is 0.257 e. The van der Waals surface area contributed by atoms with Gasteiger partial charge in [0.1, 0.15) is 0 Å². The summed E-state index contributed by atoms with van der Waals surface area (Å²) in [5.74, 6) is -0.228. The van der Waals surface area contributed by atoms with E-state index in [1.807, 2.05) is 56.3 Å². The lowest BCUT2D eigenvalue weighted by Crippen LogP contribution is -2.46. The Labute approximate surface area is 178 Å². The molecule has 5 rings (SSSR count). The van der Waals surface area contributed by atoms with Crippen LogP contribution in [-0.4, -0.2) is 25.9 Å². The van der Waals surface area contributed by atoms with Crippen LogP contribution in [0.5, 0.6) is 0 Å². The van der Waals surface area contributed by atoms with Crippen LogP contribution in [0, 0.1) is 13.3 Å². The molecule has 0 fully saturated rings. The van der Waals surface area contributed by atoms with Crippen LogP contribution in [0.15, 0.2) is 60.7 Å². The minimum absolute atomic E-state index is 0.228. The molecule has 0 saturated heterocycles. The second-order valence-electron chi connectivity index (χ2n) is 7.60. The highest BCUT2D eigenvalue weighted by molar-refractivity contribution is 6.31. The van der Waals surface area contributed by atoms with Gasteiger partial charge in [0.25, 0.3) is 5.91 Å². The standard InChI is InChI=1S/C24H19ClN3O2/c1-14-17(7-5-9-20(14)25)15(2)28-23(29)18-6-3-4-8-19(18)24(28,30)16-10-11-21-22(12-16)27-13-26-21/h3-12,15,30H,1-2H3,(H,26,27). The second-order valence-corrected chi connectivity index (χ2v) is 8.01. The molecule has 3 aromatic carbocycles. The van der Waals surface area contributed by atoms with Gasteiger partial charge in [-0.15, -0.1) is 0 Å². The van der Waals surface area contributed by atoms with Crippen molar-refractivity contribution >= 4 is 28.5 Å². The van der Waals surface area contributed by atoms with E-state index >= 15 is 0 Å². The van der Waals surface area contributed by atoms with Crippen molar-refractivity contribution in [2.24, 2.45) is 0 Å². The summed E-state index contributed by atoms with van der Waals surface area (Å²) in [4.78, 5) is 22.2. The number of carbonyl (C=O) groups excluding carboxylic acids is 1. The Morgan fingerprint density at radius 1 is 1.17 bits per heavy atom. The summed E-state index contributed by atoms with van der Waals surface area (Å²) in [5, 5.41) is 12.8. The van der Waals surface area contributed by atoms with Crippen molar-refractivity contribution < 1.29 is 9.90 Å². The number of carbonyl (C=O) groups is 1. The molecule has 2 atom stereocenters. The Kier molecular flexibility index (Phi) is 4.20. The molecule has 5 nitrogen and oxygen atoms in total. The lowest BCUT2D eigenvalue weighted by atomic mass is 9.91. The van der Waals surface area contributed by atoms with Gasteiger partial charge in [0.2, 0.25) is 0 Å². The van der Waals surface area contributed by atoms with Gasteiger partial charge in [-0.05, 0) is 49.2 Å². The molecule has 30 heavy (non-hydrogen) atoms. The first kappa shape index (κ1) is 18.9. The van der Waals surface area contributed by atoms with Gasteiger partial charge in [0.05, 0.1) is 17.1 Å². The molecule has 0 saturated carbocycles. The summed E-state index contributed by atoms with van der Waals surface area (Å²) in [7, 11) is 0. The molecular formula is C24H19ClN3O2. The van der Waals surface area contributed by atoms with Gasteiger partial charge in [0.15, 0.2) is 12.1 Å². The van der Waals surface area contributed by atoms with Crippen LogP contribution in [0.4, 0.5) is 0 Å². The molecule has 149 valence electrons. The number of aromatic nitrogens is 2. The Bertz CT molecular complexity index is 1300. The third kappa shape index (κ3) is 2.52. The van der Waals surface area contributed by atoms with E-state index in [9.17, 15) is 9.90 Å². The maximum Gasteiger partial charge on any atom is 0.257 e. The minimum Gasteiger partial charge on any atom is -0.363 e. The van der Waals surface area contributed by atoms with Gasteiger partial charge in [-0.25, -0.2) is 4.98 Å². The molecule has 1 radical (unpaired) electrons. The van der Waals surface area contributed by atoms with E-state index in [1.165, 1.54) is 4.90 Å². The van der Waals surface area contributed by atoms with E-state index in [2.05, 4.69) is 16.3 Å². The number of aliphatic hydroxyl groups is 1. The Balaban J connectivity index is 1.74. The number of aromatic amines is 1. The topological polar surface area (TPSA) is 69.2 Å². The van der Waals surface area contributed by atoms with Crippen LogP contribution in [0.1, 0.15) is 45.6 Å². The Morgan fingerprint density at radius 3 is 2.80 bits per heavy atom. The average Bonchev–Trinajstić information content (AvgIpc) is 3.31. The fraction of sp³-hybridized carbons (Fsp3) is 0.167. The van der Waals surface area contributed by atoms with Crippen molar-refractivity contribution in [2.45, 2.75) is 25.6 Å². The molecule has 2 unspecified atom stereocenters. The van der Waals surface area contributed by atoms with Gasteiger partial charge in [-0.1, -0.05) is 48.0 Å². The van der Waals surface area contributed by atoms with Gasteiger partial charge in [-0.2, -0.15) is 0 Å². The van der Waals surface area contributed by atoms with E-state index in [0.29, 0.717) is 27.2 Å². The van der Waals surface area contributed by atoms with Gasteiger partial charge in [0, 0.05) is 21.7 Å². The first-order valence-electron chi connectivity index (χ1n) is 9.69. The van der Waals surface area contributed by atoms with Crippen molar-refractivity contribution in [3.63, 3.8) is 0 Å². The van der Waals surface area contributed by atoms with Crippen molar-refractivity contribution in [3.8, 4) is 0 Å². The maximum atomic E-state index is 13.5. The number of nitrogens with one attached hydrogen (secondary N) is 1. The van der Waals surface area contributed by atoms with E-state index < -0.39 is 11.8 Å². The predicted molar refractivity (Wildman–Crippen MR) is 115 cm³/mol. The largest absolute Gasteiger partial charge is 0.363 e.